The van der Waals surface area contributed by atoms with E-state index in [9.17, 15) is 9.18 Å². The van der Waals surface area contributed by atoms with Gasteiger partial charge in [-0.3, -0.25) is 9.69 Å². The van der Waals surface area contributed by atoms with Gasteiger partial charge in [-0.2, -0.15) is 0 Å². The quantitative estimate of drug-likeness (QED) is 0.560. The van der Waals surface area contributed by atoms with Gasteiger partial charge in [-0.25, -0.2) is 4.39 Å². The molecular formula is C26H34ClFN4O2. The van der Waals surface area contributed by atoms with E-state index in [0.717, 1.165) is 49.5 Å². The molecule has 2 unspecified atom stereocenters. The van der Waals surface area contributed by atoms with E-state index >= 15 is 0 Å². The third kappa shape index (κ3) is 5.76. The van der Waals surface area contributed by atoms with Crippen molar-refractivity contribution in [3.63, 3.8) is 0 Å². The third-order valence-electron chi connectivity index (χ3n) is 6.71. The Morgan fingerprint density at radius 2 is 2.03 bits per heavy atom. The zero-order valence-corrected chi connectivity index (χ0v) is 20.7. The van der Waals surface area contributed by atoms with Gasteiger partial charge in [0.15, 0.2) is 5.75 Å². The van der Waals surface area contributed by atoms with Crippen LogP contribution in [0.3, 0.4) is 0 Å². The summed E-state index contributed by atoms with van der Waals surface area (Å²) < 4.78 is 20.2. The molecule has 1 saturated heterocycles. The van der Waals surface area contributed by atoms with Crippen LogP contribution in [0.15, 0.2) is 36.4 Å². The Labute approximate surface area is 206 Å². The standard InChI is InChI=1S/C26H34ClFN4O2/c1-3-18-14-21(27)25(34-2)24(15-18)32-12-10-31(11-13-32)17-20(28)8-9-29-26(33)23-16-19-6-4-5-7-22(19)30-23/h4-7,14-15,20,23,30H,3,8-13,16-17H2,1-2H3,(H,29,33). The molecule has 2 atom stereocenters. The second-order valence-electron chi connectivity index (χ2n) is 9.01. The van der Waals surface area contributed by atoms with Crippen molar-refractivity contribution in [2.75, 3.05) is 56.6 Å². The second-order valence-corrected chi connectivity index (χ2v) is 9.41. The molecule has 0 saturated carbocycles. The molecule has 2 N–H and O–H groups in total. The summed E-state index contributed by atoms with van der Waals surface area (Å²) in [5, 5.41) is 6.76. The predicted octanol–water partition coefficient (Wildman–Crippen LogP) is 3.91. The van der Waals surface area contributed by atoms with E-state index in [1.165, 1.54) is 5.56 Å². The average molecular weight is 489 g/mol. The molecule has 0 radical (unpaired) electrons. The van der Waals surface area contributed by atoms with Gasteiger partial charge in [0.05, 0.1) is 17.8 Å². The molecule has 2 aromatic rings. The van der Waals surface area contributed by atoms with Gasteiger partial charge in [-0.15, -0.1) is 0 Å². The summed E-state index contributed by atoms with van der Waals surface area (Å²) in [5.74, 6) is 0.630. The monoisotopic (exact) mass is 488 g/mol. The van der Waals surface area contributed by atoms with Gasteiger partial charge in [0.2, 0.25) is 5.91 Å². The zero-order chi connectivity index (χ0) is 24.1. The van der Waals surface area contributed by atoms with E-state index in [1.807, 2.05) is 30.3 Å². The number of benzene rings is 2. The van der Waals surface area contributed by atoms with E-state index < -0.39 is 6.17 Å². The van der Waals surface area contributed by atoms with Crippen molar-refractivity contribution >= 4 is 28.9 Å². The van der Waals surface area contributed by atoms with Crippen molar-refractivity contribution in [2.24, 2.45) is 0 Å². The number of hydrogen-bond acceptors (Lipinski definition) is 5. The van der Waals surface area contributed by atoms with Crippen LogP contribution in [-0.2, 0) is 17.6 Å². The van der Waals surface area contributed by atoms with Crippen molar-refractivity contribution < 1.29 is 13.9 Å². The molecule has 2 aromatic carbocycles. The SMILES string of the molecule is CCc1cc(Cl)c(OC)c(N2CCN(CC(F)CCNC(=O)C3Cc4ccccc4N3)CC2)c1. The topological polar surface area (TPSA) is 56.8 Å². The van der Waals surface area contributed by atoms with Crippen LogP contribution in [0, 0.1) is 0 Å². The summed E-state index contributed by atoms with van der Waals surface area (Å²) in [6, 6.07) is 11.7. The number of aryl methyl sites for hydroxylation is 1. The maximum Gasteiger partial charge on any atom is 0.242 e. The number of anilines is 2. The maximum atomic E-state index is 14.7. The molecule has 2 aliphatic heterocycles. The summed E-state index contributed by atoms with van der Waals surface area (Å²) in [4.78, 5) is 16.9. The number of rotatable bonds is 9. The van der Waals surface area contributed by atoms with E-state index in [0.29, 0.717) is 36.7 Å². The lowest BCUT2D eigenvalue weighted by Gasteiger charge is -2.37. The minimum atomic E-state index is -0.979. The molecule has 0 aromatic heterocycles. The number of halogens is 2. The molecule has 0 spiro atoms. The molecule has 34 heavy (non-hydrogen) atoms. The number of alkyl halides is 1. The van der Waals surface area contributed by atoms with Crippen LogP contribution in [0.2, 0.25) is 5.02 Å². The number of para-hydroxylation sites is 1. The van der Waals surface area contributed by atoms with E-state index in [1.54, 1.807) is 7.11 Å². The van der Waals surface area contributed by atoms with Crippen molar-refractivity contribution in [2.45, 2.75) is 38.4 Å². The first-order valence-corrected chi connectivity index (χ1v) is 12.5. The Kier molecular flexibility index (Phi) is 8.16. The first-order chi connectivity index (χ1) is 16.5. The Morgan fingerprint density at radius 3 is 2.74 bits per heavy atom. The fourth-order valence-corrected chi connectivity index (χ4v) is 5.06. The van der Waals surface area contributed by atoms with Crippen LogP contribution < -0.4 is 20.3 Å². The number of carbonyl (C=O) groups excluding carboxylic acids is 1. The lowest BCUT2D eigenvalue weighted by molar-refractivity contribution is -0.121. The van der Waals surface area contributed by atoms with E-state index in [2.05, 4.69) is 33.4 Å². The molecule has 184 valence electrons. The van der Waals surface area contributed by atoms with Crippen LogP contribution in [0.1, 0.15) is 24.5 Å². The molecule has 0 aliphatic carbocycles. The molecule has 2 aliphatic rings. The highest BCUT2D eigenvalue weighted by Crippen LogP contribution is 2.37. The molecule has 2 heterocycles. The highest BCUT2D eigenvalue weighted by atomic mass is 35.5. The Hall–Kier alpha value is -2.51. The highest BCUT2D eigenvalue weighted by molar-refractivity contribution is 6.32. The number of carbonyl (C=O) groups is 1. The molecule has 0 bridgehead atoms. The summed E-state index contributed by atoms with van der Waals surface area (Å²) >= 11 is 6.42. The van der Waals surface area contributed by atoms with Crippen LogP contribution >= 0.6 is 11.6 Å². The Bertz CT molecular complexity index is 972. The van der Waals surface area contributed by atoms with E-state index in [-0.39, 0.29) is 11.9 Å². The normalized spacial score (nSPS) is 18.8. The van der Waals surface area contributed by atoms with Gasteiger partial charge < -0.3 is 20.3 Å². The van der Waals surface area contributed by atoms with Crippen molar-refractivity contribution in [1.82, 2.24) is 10.2 Å². The number of amides is 1. The van der Waals surface area contributed by atoms with Gasteiger partial charge in [0.1, 0.15) is 12.2 Å². The van der Waals surface area contributed by atoms with Crippen molar-refractivity contribution in [1.29, 1.82) is 0 Å². The third-order valence-corrected chi connectivity index (χ3v) is 6.99. The zero-order valence-electron chi connectivity index (χ0n) is 19.9. The Balaban J connectivity index is 1.19. The first kappa shape index (κ1) is 24.6. The number of fused-ring (bicyclic) bond motifs is 1. The molecular weight excluding hydrogens is 455 g/mol. The van der Waals surface area contributed by atoms with Crippen molar-refractivity contribution in [3.8, 4) is 5.75 Å². The average Bonchev–Trinajstić information content (AvgIpc) is 3.28. The van der Waals surface area contributed by atoms with Gasteiger partial charge in [-0.1, -0.05) is 36.7 Å². The van der Waals surface area contributed by atoms with E-state index in [4.69, 9.17) is 16.3 Å². The largest absolute Gasteiger partial charge is 0.493 e. The lowest BCUT2D eigenvalue weighted by Crippen LogP contribution is -2.48. The summed E-state index contributed by atoms with van der Waals surface area (Å²) in [7, 11) is 1.64. The maximum absolute atomic E-state index is 14.7. The summed E-state index contributed by atoms with van der Waals surface area (Å²) in [6.45, 7) is 5.95. The fourth-order valence-electron chi connectivity index (χ4n) is 4.75. The second kappa shape index (κ2) is 11.3. The number of piperazine rings is 1. The van der Waals surface area contributed by atoms with Crippen LogP contribution in [0.25, 0.3) is 0 Å². The van der Waals surface area contributed by atoms with Gasteiger partial charge in [0.25, 0.3) is 0 Å². The molecule has 4 rings (SSSR count). The molecule has 1 amide bonds. The number of ether oxygens (including phenoxy) is 1. The molecule has 6 nitrogen and oxygen atoms in total. The molecule has 1 fully saturated rings. The Morgan fingerprint density at radius 1 is 1.26 bits per heavy atom. The predicted molar refractivity (Wildman–Crippen MR) is 136 cm³/mol. The lowest BCUT2D eigenvalue weighted by atomic mass is 10.1. The van der Waals surface area contributed by atoms with Gasteiger partial charge in [-0.05, 0) is 42.2 Å². The van der Waals surface area contributed by atoms with Crippen LogP contribution in [-0.4, -0.2) is 69.4 Å². The number of hydrogen-bond donors (Lipinski definition) is 2. The van der Waals surface area contributed by atoms with Gasteiger partial charge >= 0.3 is 0 Å². The fraction of sp³-hybridized carbons (Fsp3) is 0.500. The summed E-state index contributed by atoms with van der Waals surface area (Å²) in [6.07, 6.45) is 0.907. The molecule has 8 heteroatoms. The number of nitrogens with one attached hydrogen (secondary N) is 2. The summed E-state index contributed by atoms with van der Waals surface area (Å²) in [5.41, 5.74) is 4.33. The number of nitrogens with zero attached hydrogens (tertiary/aromatic N) is 2. The first-order valence-electron chi connectivity index (χ1n) is 12.1. The van der Waals surface area contributed by atoms with Gasteiger partial charge in [0, 0.05) is 51.4 Å². The van der Waals surface area contributed by atoms with Crippen molar-refractivity contribution in [3.05, 3.63) is 52.5 Å². The van der Waals surface area contributed by atoms with Crippen LogP contribution in [0.4, 0.5) is 15.8 Å². The minimum absolute atomic E-state index is 0.0704. The smallest absolute Gasteiger partial charge is 0.242 e. The number of methoxy groups -OCH3 is 1. The van der Waals surface area contributed by atoms with Crippen LogP contribution in [0.5, 0.6) is 5.75 Å². The minimum Gasteiger partial charge on any atom is -0.493 e. The highest BCUT2D eigenvalue weighted by Gasteiger charge is 2.27.